The zero-order valence-electron chi connectivity index (χ0n) is 11.3. The van der Waals surface area contributed by atoms with Gasteiger partial charge in [0.1, 0.15) is 0 Å². The molecule has 2 N–H and O–H groups in total. The fourth-order valence-electron chi connectivity index (χ4n) is 2.21. The van der Waals surface area contributed by atoms with E-state index in [9.17, 15) is 4.79 Å². The summed E-state index contributed by atoms with van der Waals surface area (Å²) < 4.78 is 10.1. The third-order valence-corrected chi connectivity index (χ3v) is 3.37. The van der Waals surface area contributed by atoms with Crippen LogP contribution < -0.4 is 10.6 Å². The van der Waals surface area contributed by atoms with Gasteiger partial charge in [-0.15, -0.1) is 0 Å². The highest BCUT2D eigenvalue weighted by Gasteiger charge is 2.24. The van der Waals surface area contributed by atoms with E-state index in [1.807, 2.05) is 12.1 Å². The Hall–Kier alpha value is -1.43. The number of ether oxygens (including phenoxy) is 2. The second-order valence-electron chi connectivity index (χ2n) is 4.55. The first kappa shape index (κ1) is 14.0. The number of carbonyl (C=O) groups excluding carboxylic acids is 1. The minimum atomic E-state index is -0.403. The zero-order chi connectivity index (χ0) is 13.7. The van der Waals surface area contributed by atoms with Crippen molar-refractivity contribution in [3.05, 3.63) is 35.4 Å². The number of nitrogens with one attached hydrogen (secondary N) is 2. The zero-order valence-corrected chi connectivity index (χ0v) is 11.3. The Balaban J connectivity index is 1.88. The number of fused-ring (bicyclic) bond motifs is 1. The Morgan fingerprint density at radius 1 is 1.37 bits per heavy atom. The molecule has 5 nitrogen and oxygen atoms in total. The van der Waals surface area contributed by atoms with E-state index in [0.29, 0.717) is 13.0 Å². The van der Waals surface area contributed by atoms with E-state index in [2.05, 4.69) is 22.8 Å². The van der Waals surface area contributed by atoms with Crippen molar-refractivity contribution >= 4 is 5.91 Å². The quantitative estimate of drug-likeness (QED) is 0.758. The van der Waals surface area contributed by atoms with Gasteiger partial charge in [0.05, 0.1) is 12.6 Å². The molecule has 104 valence electrons. The molecule has 19 heavy (non-hydrogen) atoms. The Bertz CT molecular complexity index is 432. The van der Waals surface area contributed by atoms with Crippen LogP contribution in [0.4, 0.5) is 0 Å². The van der Waals surface area contributed by atoms with E-state index < -0.39 is 6.29 Å². The van der Waals surface area contributed by atoms with E-state index in [-0.39, 0.29) is 11.9 Å². The van der Waals surface area contributed by atoms with Gasteiger partial charge in [0.15, 0.2) is 6.29 Å². The summed E-state index contributed by atoms with van der Waals surface area (Å²) in [6, 6.07) is 7.99. The van der Waals surface area contributed by atoms with Crippen molar-refractivity contribution in [2.45, 2.75) is 25.3 Å². The van der Waals surface area contributed by atoms with Gasteiger partial charge in [-0.3, -0.25) is 4.79 Å². The van der Waals surface area contributed by atoms with E-state index in [0.717, 1.165) is 6.54 Å². The molecule has 2 rings (SSSR count). The molecular weight excluding hydrogens is 244 g/mol. The average Bonchev–Trinajstić information content (AvgIpc) is 2.47. The van der Waals surface area contributed by atoms with Gasteiger partial charge >= 0.3 is 0 Å². The number of rotatable bonds is 5. The highest BCUT2D eigenvalue weighted by atomic mass is 16.7. The maximum Gasteiger partial charge on any atom is 0.237 e. The monoisotopic (exact) mass is 264 g/mol. The molecular formula is C14H20N2O3. The number of methoxy groups -OCH3 is 2. The maximum absolute atomic E-state index is 12.1. The molecule has 1 amide bonds. The van der Waals surface area contributed by atoms with Crippen LogP contribution in [0.25, 0.3) is 0 Å². The van der Waals surface area contributed by atoms with Crippen molar-refractivity contribution in [2.24, 2.45) is 0 Å². The second kappa shape index (κ2) is 6.65. The number of carbonyl (C=O) groups is 1. The Kier molecular flexibility index (Phi) is 4.90. The molecule has 1 unspecified atom stereocenters. The smallest absolute Gasteiger partial charge is 0.237 e. The highest BCUT2D eigenvalue weighted by Crippen LogP contribution is 2.16. The van der Waals surface area contributed by atoms with Crippen LogP contribution in [-0.4, -0.2) is 39.0 Å². The van der Waals surface area contributed by atoms with Crippen molar-refractivity contribution < 1.29 is 14.3 Å². The summed E-state index contributed by atoms with van der Waals surface area (Å²) in [6.07, 6.45) is 0.312. The summed E-state index contributed by atoms with van der Waals surface area (Å²) in [7, 11) is 3.10. The Morgan fingerprint density at radius 3 is 2.74 bits per heavy atom. The lowest BCUT2D eigenvalue weighted by Gasteiger charge is -2.26. The lowest BCUT2D eigenvalue weighted by atomic mass is 9.95. The van der Waals surface area contributed by atoms with Crippen molar-refractivity contribution in [3.63, 3.8) is 0 Å². The highest BCUT2D eigenvalue weighted by molar-refractivity contribution is 5.82. The van der Waals surface area contributed by atoms with Crippen LogP contribution in [-0.2, 0) is 27.2 Å². The molecule has 1 aliphatic rings. The molecule has 0 saturated carbocycles. The van der Waals surface area contributed by atoms with E-state index >= 15 is 0 Å². The first-order valence-corrected chi connectivity index (χ1v) is 6.38. The van der Waals surface area contributed by atoms with Crippen molar-refractivity contribution in [1.82, 2.24) is 10.6 Å². The van der Waals surface area contributed by atoms with Crippen LogP contribution in [0.2, 0.25) is 0 Å². The first-order valence-electron chi connectivity index (χ1n) is 6.38. The molecule has 1 aliphatic heterocycles. The van der Waals surface area contributed by atoms with Gasteiger partial charge in [-0.2, -0.15) is 0 Å². The molecule has 0 radical (unpaired) electrons. The first-order chi connectivity index (χ1) is 9.24. The fourth-order valence-corrected chi connectivity index (χ4v) is 2.21. The van der Waals surface area contributed by atoms with E-state index in [1.165, 1.54) is 11.1 Å². The normalized spacial score (nSPS) is 18.2. The van der Waals surface area contributed by atoms with E-state index in [1.54, 1.807) is 14.2 Å². The van der Waals surface area contributed by atoms with Crippen LogP contribution in [0.1, 0.15) is 11.1 Å². The van der Waals surface area contributed by atoms with Crippen LogP contribution >= 0.6 is 0 Å². The lowest BCUT2D eigenvalue weighted by Crippen LogP contribution is -2.49. The van der Waals surface area contributed by atoms with Crippen molar-refractivity contribution in [2.75, 3.05) is 20.8 Å². The standard InChI is InChI=1S/C14H20N2O3/c1-18-13(19-2)9-16-14(17)12-7-10-5-3-4-6-11(10)8-15-12/h3-6,12-13,15H,7-9H2,1-2H3,(H,16,17). The number of hydrogen-bond acceptors (Lipinski definition) is 4. The summed E-state index contributed by atoms with van der Waals surface area (Å²) in [5, 5.41) is 6.07. The maximum atomic E-state index is 12.1. The number of hydrogen-bond donors (Lipinski definition) is 2. The van der Waals surface area contributed by atoms with Crippen LogP contribution in [0.5, 0.6) is 0 Å². The van der Waals surface area contributed by atoms with Gasteiger partial charge < -0.3 is 20.1 Å². The molecule has 0 bridgehead atoms. The Labute approximate surface area is 113 Å². The average molecular weight is 264 g/mol. The van der Waals surface area contributed by atoms with Gasteiger partial charge in [0, 0.05) is 20.8 Å². The van der Waals surface area contributed by atoms with Gasteiger partial charge in [-0.05, 0) is 17.5 Å². The van der Waals surface area contributed by atoms with E-state index in [4.69, 9.17) is 9.47 Å². The molecule has 0 fully saturated rings. The predicted molar refractivity (Wildman–Crippen MR) is 71.6 cm³/mol. The van der Waals surface area contributed by atoms with Crippen molar-refractivity contribution in [3.8, 4) is 0 Å². The minimum absolute atomic E-state index is 0.0198. The Morgan fingerprint density at radius 2 is 2.05 bits per heavy atom. The lowest BCUT2D eigenvalue weighted by molar-refractivity contribution is -0.129. The molecule has 0 spiro atoms. The predicted octanol–water partition coefficient (Wildman–Crippen LogP) is 0.436. The van der Waals surface area contributed by atoms with Gasteiger partial charge in [0.25, 0.3) is 0 Å². The summed E-state index contributed by atoms with van der Waals surface area (Å²) in [6.45, 7) is 1.08. The van der Waals surface area contributed by atoms with Gasteiger partial charge in [-0.1, -0.05) is 24.3 Å². The SMILES string of the molecule is COC(CNC(=O)C1Cc2ccccc2CN1)OC. The van der Waals surface area contributed by atoms with Gasteiger partial charge in [-0.25, -0.2) is 0 Å². The van der Waals surface area contributed by atoms with Gasteiger partial charge in [0.2, 0.25) is 5.91 Å². The molecule has 0 aromatic heterocycles. The third-order valence-electron chi connectivity index (χ3n) is 3.37. The third kappa shape index (κ3) is 3.53. The molecule has 1 heterocycles. The fraction of sp³-hybridized carbons (Fsp3) is 0.500. The summed E-state index contributed by atoms with van der Waals surface area (Å²) in [5.41, 5.74) is 2.50. The topological polar surface area (TPSA) is 59.6 Å². The molecule has 0 aliphatic carbocycles. The minimum Gasteiger partial charge on any atom is -0.354 e. The summed E-state index contributed by atoms with van der Waals surface area (Å²) in [4.78, 5) is 12.1. The molecule has 0 saturated heterocycles. The summed E-state index contributed by atoms with van der Waals surface area (Å²) >= 11 is 0. The molecule has 1 aromatic rings. The molecule has 1 aromatic carbocycles. The van der Waals surface area contributed by atoms with Crippen LogP contribution in [0.15, 0.2) is 24.3 Å². The largest absolute Gasteiger partial charge is 0.354 e. The van der Waals surface area contributed by atoms with Crippen LogP contribution in [0, 0.1) is 0 Å². The van der Waals surface area contributed by atoms with Crippen molar-refractivity contribution in [1.29, 1.82) is 0 Å². The second-order valence-corrected chi connectivity index (χ2v) is 4.55. The summed E-state index contributed by atoms with van der Waals surface area (Å²) in [5.74, 6) is -0.0198. The molecule has 5 heteroatoms. The number of benzene rings is 1. The number of amides is 1. The molecule has 1 atom stereocenters. The van der Waals surface area contributed by atoms with Crippen LogP contribution in [0.3, 0.4) is 0 Å².